The molecule has 0 atom stereocenters. The highest BCUT2D eigenvalue weighted by molar-refractivity contribution is 6.48. The SMILES string of the molecule is O=[N+]([O-])C(Cl)(Cl)CCC(Cl)(Cl)[N+](=O)[O-]. The standard InChI is InChI=1S/C4H4Cl4N2O4/c5-3(6,9(11)12)1-2-4(7,8)10(13)14/h1-2H2. The molecule has 82 valence electrons. The number of hydrogen-bond donors (Lipinski definition) is 0. The van der Waals surface area contributed by atoms with Crippen molar-refractivity contribution in [2.75, 3.05) is 0 Å². The van der Waals surface area contributed by atoms with E-state index in [-0.39, 0.29) is 0 Å². The summed E-state index contributed by atoms with van der Waals surface area (Å²) in [7, 11) is 0. The van der Waals surface area contributed by atoms with E-state index in [1.807, 2.05) is 0 Å². The normalized spacial score (nSPS) is 12.6. The zero-order valence-corrected chi connectivity index (χ0v) is 9.48. The molecule has 0 amide bonds. The summed E-state index contributed by atoms with van der Waals surface area (Å²) in [5, 5.41) is 20.4. The van der Waals surface area contributed by atoms with Gasteiger partial charge in [0.2, 0.25) is 0 Å². The van der Waals surface area contributed by atoms with Gasteiger partial charge >= 0.3 is 8.91 Å². The first-order chi connectivity index (χ1) is 6.09. The summed E-state index contributed by atoms with van der Waals surface area (Å²) in [6.45, 7) is 0. The molecular weight excluding hydrogens is 282 g/mol. The minimum absolute atomic E-state index is 0.531. The van der Waals surface area contributed by atoms with Crippen molar-refractivity contribution in [1.82, 2.24) is 0 Å². The first-order valence-electron chi connectivity index (χ1n) is 3.14. The summed E-state index contributed by atoms with van der Waals surface area (Å²) >= 11 is 20.8. The highest BCUT2D eigenvalue weighted by Crippen LogP contribution is 2.35. The molecule has 0 heterocycles. The quantitative estimate of drug-likeness (QED) is 0.336. The van der Waals surface area contributed by atoms with Gasteiger partial charge in [0, 0.05) is 0 Å². The number of nitrogens with zero attached hydrogens (tertiary/aromatic N) is 2. The summed E-state index contributed by atoms with van der Waals surface area (Å²) < 4.78 is -4.63. The number of rotatable bonds is 5. The van der Waals surface area contributed by atoms with Crippen molar-refractivity contribution in [3.05, 3.63) is 20.2 Å². The zero-order valence-electron chi connectivity index (χ0n) is 6.45. The molecule has 0 bridgehead atoms. The van der Waals surface area contributed by atoms with Crippen LogP contribution in [0.3, 0.4) is 0 Å². The minimum Gasteiger partial charge on any atom is -0.261 e. The van der Waals surface area contributed by atoms with E-state index < -0.39 is 31.6 Å². The molecule has 0 unspecified atom stereocenters. The van der Waals surface area contributed by atoms with Gasteiger partial charge < -0.3 is 0 Å². The monoisotopic (exact) mass is 284 g/mol. The Bertz CT molecular complexity index is 230. The third-order valence-corrected chi connectivity index (χ3v) is 2.57. The first kappa shape index (κ1) is 14.0. The van der Waals surface area contributed by atoms with Crippen molar-refractivity contribution < 1.29 is 9.85 Å². The van der Waals surface area contributed by atoms with Crippen LogP contribution < -0.4 is 0 Å². The predicted octanol–water partition coefficient (Wildman–Crippen LogP) is 2.58. The van der Waals surface area contributed by atoms with E-state index in [2.05, 4.69) is 0 Å². The number of halogens is 4. The lowest BCUT2D eigenvalue weighted by atomic mass is 10.3. The molecule has 0 saturated heterocycles. The second kappa shape index (κ2) is 4.65. The molecule has 10 heteroatoms. The van der Waals surface area contributed by atoms with E-state index in [1.165, 1.54) is 0 Å². The molecule has 14 heavy (non-hydrogen) atoms. The Labute approximate surface area is 98.4 Å². The third kappa shape index (κ3) is 4.00. The van der Waals surface area contributed by atoms with Gasteiger partial charge in [0.1, 0.15) is 0 Å². The van der Waals surface area contributed by atoms with Crippen molar-refractivity contribution in [3.8, 4) is 0 Å². The van der Waals surface area contributed by atoms with Crippen LogP contribution in [0.2, 0.25) is 0 Å². The van der Waals surface area contributed by atoms with Crippen LogP contribution >= 0.6 is 46.4 Å². The molecule has 0 rings (SSSR count). The van der Waals surface area contributed by atoms with Crippen molar-refractivity contribution in [2.24, 2.45) is 0 Å². The maximum atomic E-state index is 10.2. The molecule has 0 spiro atoms. The molecular formula is C4H4Cl4N2O4. The molecule has 0 aromatic carbocycles. The Kier molecular flexibility index (Phi) is 4.64. The van der Waals surface area contributed by atoms with E-state index in [1.54, 1.807) is 0 Å². The number of nitro groups is 2. The molecule has 0 aliphatic carbocycles. The topological polar surface area (TPSA) is 86.3 Å². The van der Waals surface area contributed by atoms with Gasteiger partial charge in [-0.3, -0.25) is 20.2 Å². The fourth-order valence-corrected chi connectivity index (χ4v) is 0.861. The van der Waals surface area contributed by atoms with Gasteiger partial charge in [-0.15, -0.1) is 0 Å². The van der Waals surface area contributed by atoms with Crippen LogP contribution in [-0.4, -0.2) is 18.8 Å². The highest BCUT2D eigenvalue weighted by Gasteiger charge is 2.45. The molecule has 0 aliphatic heterocycles. The van der Waals surface area contributed by atoms with E-state index in [0.29, 0.717) is 0 Å². The zero-order chi connectivity index (χ0) is 11.6. The van der Waals surface area contributed by atoms with Gasteiger partial charge in [-0.05, 0) is 46.4 Å². The highest BCUT2D eigenvalue weighted by atomic mass is 35.5. The molecule has 0 saturated carbocycles. The van der Waals surface area contributed by atoms with Gasteiger partial charge in [-0.25, -0.2) is 0 Å². The third-order valence-electron chi connectivity index (χ3n) is 1.26. The Hall–Kier alpha value is -0.0400. The second-order valence-electron chi connectivity index (χ2n) is 2.35. The van der Waals surface area contributed by atoms with Crippen molar-refractivity contribution in [2.45, 2.75) is 21.8 Å². The molecule has 6 nitrogen and oxygen atoms in total. The maximum Gasteiger partial charge on any atom is 0.370 e. The Morgan fingerprint density at radius 2 is 1.07 bits per heavy atom. The summed E-state index contributed by atoms with van der Waals surface area (Å²) in [4.78, 5) is 18.4. The summed E-state index contributed by atoms with van der Waals surface area (Å²) in [6.07, 6.45) is -1.06. The van der Waals surface area contributed by atoms with Gasteiger partial charge in [0.25, 0.3) is 0 Å². The lowest BCUT2D eigenvalue weighted by Gasteiger charge is -2.13. The molecule has 0 radical (unpaired) electrons. The largest absolute Gasteiger partial charge is 0.370 e. The molecule has 0 aromatic heterocycles. The average molecular weight is 286 g/mol. The fraction of sp³-hybridized carbons (Fsp3) is 1.00. The lowest BCUT2D eigenvalue weighted by molar-refractivity contribution is -0.531. The van der Waals surface area contributed by atoms with Gasteiger partial charge in [-0.2, -0.15) is 0 Å². The number of alkyl halides is 4. The molecule has 0 N–H and O–H groups in total. The van der Waals surface area contributed by atoms with Crippen LogP contribution in [0.1, 0.15) is 12.8 Å². The van der Waals surface area contributed by atoms with Gasteiger partial charge in [0.15, 0.2) is 0 Å². The van der Waals surface area contributed by atoms with Crippen LogP contribution in [0.15, 0.2) is 0 Å². The van der Waals surface area contributed by atoms with Gasteiger partial charge in [-0.1, -0.05) is 0 Å². The van der Waals surface area contributed by atoms with Crippen LogP contribution in [0.5, 0.6) is 0 Å². The Morgan fingerprint density at radius 3 is 1.21 bits per heavy atom. The smallest absolute Gasteiger partial charge is 0.261 e. The predicted molar refractivity (Wildman–Crippen MR) is 52.1 cm³/mol. The molecule has 0 aromatic rings. The van der Waals surface area contributed by atoms with E-state index >= 15 is 0 Å². The second-order valence-corrected chi connectivity index (χ2v) is 5.23. The summed E-state index contributed by atoms with van der Waals surface area (Å²) in [5.74, 6) is 0. The maximum absolute atomic E-state index is 10.2. The number of hydrogen-bond acceptors (Lipinski definition) is 4. The van der Waals surface area contributed by atoms with E-state index in [4.69, 9.17) is 46.4 Å². The van der Waals surface area contributed by atoms with Crippen LogP contribution in [0, 0.1) is 20.2 Å². The molecule has 0 aliphatic rings. The Morgan fingerprint density at radius 1 is 0.857 bits per heavy atom. The van der Waals surface area contributed by atoms with E-state index in [9.17, 15) is 20.2 Å². The lowest BCUT2D eigenvalue weighted by Crippen LogP contribution is -2.31. The fourth-order valence-electron chi connectivity index (χ4n) is 0.483. The summed E-state index contributed by atoms with van der Waals surface area (Å²) in [6, 6.07) is 0. The van der Waals surface area contributed by atoms with Crippen molar-refractivity contribution in [3.63, 3.8) is 0 Å². The summed E-state index contributed by atoms with van der Waals surface area (Å²) in [5.41, 5.74) is 0. The van der Waals surface area contributed by atoms with Crippen LogP contribution in [0.25, 0.3) is 0 Å². The van der Waals surface area contributed by atoms with Gasteiger partial charge in [0.05, 0.1) is 22.7 Å². The average Bonchev–Trinajstić information content (AvgIpc) is 2.01. The Balaban J connectivity index is 4.32. The van der Waals surface area contributed by atoms with Crippen LogP contribution in [0.4, 0.5) is 0 Å². The van der Waals surface area contributed by atoms with Crippen molar-refractivity contribution in [1.29, 1.82) is 0 Å². The van der Waals surface area contributed by atoms with Crippen LogP contribution in [-0.2, 0) is 0 Å². The minimum atomic E-state index is -2.31. The molecule has 0 fully saturated rings. The van der Waals surface area contributed by atoms with E-state index in [0.717, 1.165) is 0 Å². The van der Waals surface area contributed by atoms with Crippen molar-refractivity contribution >= 4 is 46.4 Å². The first-order valence-corrected chi connectivity index (χ1v) is 4.65.